The molecule has 6 heteroatoms. The Hall–Kier alpha value is -2.24. The molecule has 0 aliphatic heterocycles. The average Bonchev–Trinajstić information content (AvgIpc) is 2.44. The molecule has 2 amide bonds. The minimum Gasteiger partial charge on any atom is -0.494 e. The molecule has 1 aromatic carbocycles. The second kappa shape index (κ2) is 6.79. The van der Waals surface area contributed by atoms with Crippen molar-refractivity contribution in [3.05, 3.63) is 23.8 Å². The van der Waals surface area contributed by atoms with Gasteiger partial charge in [-0.15, -0.1) is 0 Å². The van der Waals surface area contributed by atoms with Crippen molar-refractivity contribution in [2.75, 3.05) is 33.5 Å². The molecule has 0 spiro atoms. The third-order valence-electron chi connectivity index (χ3n) is 3.07. The summed E-state index contributed by atoms with van der Waals surface area (Å²) in [6.07, 6.45) is 0. The number of carbonyl (C=O) groups excluding carboxylic acids is 2. The van der Waals surface area contributed by atoms with Crippen molar-refractivity contribution >= 4 is 17.5 Å². The zero-order chi connectivity index (χ0) is 15.3. The van der Waals surface area contributed by atoms with E-state index in [-0.39, 0.29) is 17.7 Å². The van der Waals surface area contributed by atoms with Crippen LogP contribution in [0, 0.1) is 5.92 Å². The van der Waals surface area contributed by atoms with Crippen molar-refractivity contribution in [1.29, 1.82) is 0 Å². The fraction of sp³-hybridized carbons (Fsp3) is 0.429. The number of hydrogen-bond acceptors (Lipinski definition) is 4. The van der Waals surface area contributed by atoms with E-state index in [9.17, 15) is 9.59 Å². The monoisotopic (exact) mass is 279 g/mol. The number of amides is 2. The van der Waals surface area contributed by atoms with Crippen molar-refractivity contribution in [1.82, 2.24) is 10.2 Å². The van der Waals surface area contributed by atoms with E-state index in [0.29, 0.717) is 23.5 Å². The number of benzene rings is 1. The molecule has 0 aliphatic carbocycles. The van der Waals surface area contributed by atoms with E-state index >= 15 is 0 Å². The normalized spacial score (nSPS) is 11.6. The van der Waals surface area contributed by atoms with Crippen molar-refractivity contribution in [3.63, 3.8) is 0 Å². The molecule has 1 rings (SSSR count). The molecule has 0 bridgehead atoms. The fourth-order valence-corrected chi connectivity index (χ4v) is 1.98. The van der Waals surface area contributed by atoms with Gasteiger partial charge in [-0.3, -0.25) is 9.59 Å². The van der Waals surface area contributed by atoms with Crippen LogP contribution in [0.4, 0.5) is 5.69 Å². The number of carbonyl (C=O) groups is 2. The highest BCUT2D eigenvalue weighted by Gasteiger charge is 2.21. The minimum atomic E-state index is -0.291. The van der Waals surface area contributed by atoms with E-state index in [1.807, 2.05) is 0 Å². The number of hydrogen-bond donors (Lipinski definition) is 2. The second-order valence-electron chi connectivity index (χ2n) is 4.63. The topological polar surface area (TPSA) is 84.7 Å². The fourth-order valence-electron chi connectivity index (χ4n) is 1.98. The molecule has 0 heterocycles. The molecular formula is C14H21N3O3. The van der Waals surface area contributed by atoms with Crippen molar-refractivity contribution in [2.24, 2.45) is 5.92 Å². The van der Waals surface area contributed by atoms with Gasteiger partial charge in [0.15, 0.2) is 5.75 Å². The lowest BCUT2D eigenvalue weighted by Gasteiger charge is -2.22. The SMILES string of the molecule is CNC(=O)C(C)CN(C)C(=O)c1cccc(N)c1OC. The highest BCUT2D eigenvalue weighted by Crippen LogP contribution is 2.26. The smallest absolute Gasteiger partial charge is 0.257 e. The summed E-state index contributed by atoms with van der Waals surface area (Å²) in [7, 11) is 4.68. The maximum absolute atomic E-state index is 12.4. The second-order valence-corrected chi connectivity index (χ2v) is 4.63. The Labute approximate surface area is 118 Å². The Kier molecular flexibility index (Phi) is 5.37. The van der Waals surface area contributed by atoms with Crippen LogP contribution in [0.2, 0.25) is 0 Å². The third-order valence-corrected chi connectivity index (χ3v) is 3.07. The van der Waals surface area contributed by atoms with Crippen LogP contribution in [0.25, 0.3) is 0 Å². The van der Waals surface area contributed by atoms with Gasteiger partial charge < -0.3 is 20.7 Å². The summed E-state index contributed by atoms with van der Waals surface area (Å²) in [5, 5.41) is 2.56. The Morgan fingerprint density at radius 1 is 1.45 bits per heavy atom. The standard InChI is InChI=1S/C14H21N3O3/c1-9(13(18)16-2)8-17(3)14(19)10-6-5-7-11(15)12(10)20-4/h5-7,9H,8,15H2,1-4H3,(H,16,18). The Balaban J connectivity index is 2.90. The number of nitrogens with two attached hydrogens (primary N) is 1. The number of rotatable bonds is 5. The minimum absolute atomic E-state index is 0.107. The number of nitrogen functional groups attached to an aromatic ring is 1. The van der Waals surface area contributed by atoms with Gasteiger partial charge >= 0.3 is 0 Å². The first-order chi connectivity index (χ1) is 9.42. The van der Waals surface area contributed by atoms with Crippen LogP contribution in [-0.4, -0.2) is 44.5 Å². The molecule has 0 aliphatic rings. The van der Waals surface area contributed by atoms with Gasteiger partial charge in [-0.2, -0.15) is 0 Å². The molecule has 0 aromatic heterocycles. The highest BCUT2D eigenvalue weighted by atomic mass is 16.5. The molecule has 0 fully saturated rings. The van der Waals surface area contributed by atoms with Gasteiger partial charge in [0.1, 0.15) is 0 Å². The summed E-state index contributed by atoms with van der Waals surface area (Å²) < 4.78 is 5.17. The summed E-state index contributed by atoms with van der Waals surface area (Å²) in [5.74, 6) is -0.271. The molecule has 3 N–H and O–H groups in total. The Bertz CT molecular complexity index is 502. The zero-order valence-electron chi connectivity index (χ0n) is 12.3. The summed E-state index contributed by atoms with van der Waals surface area (Å²) in [6, 6.07) is 5.02. The zero-order valence-corrected chi connectivity index (χ0v) is 12.3. The first-order valence-electron chi connectivity index (χ1n) is 6.31. The molecule has 0 saturated heterocycles. The quantitative estimate of drug-likeness (QED) is 0.778. The molecule has 1 unspecified atom stereocenters. The summed E-state index contributed by atoms with van der Waals surface area (Å²) in [5.41, 5.74) is 6.58. The van der Waals surface area contributed by atoms with Crippen molar-refractivity contribution in [3.8, 4) is 5.75 Å². The summed E-state index contributed by atoms with van der Waals surface area (Å²) in [4.78, 5) is 25.4. The van der Waals surface area contributed by atoms with Gasteiger partial charge in [-0.05, 0) is 12.1 Å². The van der Waals surface area contributed by atoms with E-state index in [1.165, 1.54) is 12.0 Å². The van der Waals surface area contributed by atoms with Gasteiger partial charge in [0.2, 0.25) is 5.91 Å². The Morgan fingerprint density at radius 2 is 2.10 bits per heavy atom. The number of para-hydroxylation sites is 1. The molecule has 1 aromatic rings. The van der Waals surface area contributed by atoms with Crippen molar-refractivity contribution in [2.45, 2.75) is 6.92 Å². The Morgan fingerprint density at radius 3 is 2.65 bits per heavy atom. The van der Waals surface area contributed by atoms with Crippen LogP contribution < -0.4 is 15.8 Å². The van der Waals surface area contributed by atoms with Crippen LogP contribution in [0.3, 0.4) is 0 Å². The molecule has 0 radical (unpaired) electrons. The molecule has 20 heavy (non-hydrogen) atoms. The molecular weight excluding hydrogens is 258 g/mol. The van der Waals surface area contributed by atoms with E-state index in [1.54, 1.807) is 39.2 Å². The van der Waals surface area contributed by atoms with Crippen LogP contribution in [-0.2, 0) is 4.79 Å². The molecule has 0 saturated carbocycles. The average molecular weight is 279 g/mol. The number of nitrogens with zero attached hydrogens (tertiary/aromatic N) is 1. The van der Waals surface area contributed by atoms with Crippen LogP contribution in [0.15, 0.2) is 18.2 Å². The molecule has 6 nitrogen and oxygen atoms in total. The van der Waals surface area contributed by atoms with Crippen LogP contribution in [0.1, 0.15) is 17.3 Å². The molecule has 1 atom stereocenters. The predicted molar refractivity (Wildman–Crippen MR) is 77.6 cm³/mol. The number of nitrogens with one attached hydrogen (secondary N) is 1. The largest absolute Gasteiger partial charge is 0.494 e. The van der Waals surface area contributed by atoms with E-state index in [4.69, 9.17) is 10.5 Å². The van der Waals surface area contributed by atoms with E-state index < -0.39 is 0 Å². The van der Waals surface area contributed by atoms with Gasteiger partial charge in [0.25, 0.3) is 5.91 Å². The summed E-state index contributed by atoms with van der Waals surface area (Å²) >= 11 is 0. The van der Waals surface area contributed by atoms with Gasteiger partial charge in [-0.25, -0.2) is 0 Å². The number of methoxy groups -OCH3 is 1. The van der Waals surface area contributed by atoms with Gasteiger partial charge in [0.05, 0.1) is 24.3 Å². The molecule has 110 valence electrons. The van der Waals surface area contributed by atoms with Crippen LogP contribution >= 0.6 is 0 Å². The predicted octanol–water partition coefficient (Wildman–Crippen LogP) is 0.731. The first-order valence-corrected chi connectivity index (χ1v) is 6.31. The lowest BCUT2D eigenvalue weighted by Crippen LogP contribution is -2.37. The van der Waals surface area contributed by atoms with Crippen molar-refractivity contribution < 1.29 is 14.3 Å². The lowest BCUT2D eigenvalue weighted by atomic mass is 10.1. The summed E-state index contributed by atoms with van der Waals surface area (Å²) in [6.45, 7) is 2.08. The third kappa shape index (κ3) is 3.40. The van der Waals surface area contributed by atoms with Gasteiger partial charge in [-0.1, -0.05) is 13.0 Å². The van der Waals surface area contributed by atoms with Gasteiger partial charge in [0, 0.05) is 20.6 Å². The first kappa shape index (κ1) is 15.8. The van der Waals surface area contributed by atoms with E-state index in [2.05, 4.69) is 5.32 Å². The highest BCUT2D eigenvalue weighted by molar-refractivity contribution is 5.98. The van der Waals surface area contributed by atoms with E-state index in [0.717, 1.165) is 0 Å². The lowest BCUT2D eigenvalue weighted by molar-refractivity contribution is -0.124. The maximum atomic E-state index is 12.4. The number of ether oxygens (including phenoxy) is 1. The van der Waals surface area contributed by atoms with Crippen LogP contribution in [0.5, 0.6) is 5.75 Å². The maximum Gasteiger partial charge on any atom is 0.257 e. The number of anilines is 1.